The van der Waals surface area contributed by atoms with Gasteiger partial charge in [0.1, 0.15) is 0 Å². The van der Waals surface area contributed by atoms with Crippen LogP contribution < -0.4 is 0 Å². The number of phenols is 1. The lowest BCUT2D eigenvalue weighted by atomic mass is 9.68. The van der Waals surface area contributed by atoms with Crippen LogP contribution in [0.15, 0.2) is 12.1 Å². The molecule has 4 heteroatoms. The van der Waals surface area contributed by atoms with E-state index < -0.39 is 17.4 Å². The Labute approximate surface area is 143 Å². The Hall–Kier alpha value is -1.16. The molecular weight excluding hydrogens is 310 g/mol. The average molecular weight is 338 g/mol. The quantitative estimate of drug-likeness (QED) is 0.797. The fourth-order valence-electron chi connectivity index (χ4n) is 4.81. The van der Waals surface area contributed by atoms with E-state index in [1.165, 1.54) is 37.8 Å². The van der Waals surface area contributed by atoms with Crippen molar-refractivity contribution in [2.24, 2.45) is 17.8 Å². The third-order valence-electron chi connectivity index (χ3n) is 6.24. The van der Waals surface area contributed by atoms with E-state index in [1.54, 1.807) is 7.11 Å². The van der Waals surface area contributed by atoms with Gasteiger partial charge in [0.05, 0.1) is 0 Å². The molecule has 2 nitrogen and oxygen atoms in total. The van der Waals surface area contributed by atoms with Crippen LogP contribution in [0.5, 0.6) is 5.75 Å². The second kappa shape index (κ2) is 7.81. The molecule has 3 rings (SSSR count). The van der Waals surface area contributed by atoms with Gasteiger partial charge in [0.2, 0.25) is 0 Å². The molecule has 2 aliphatic rings. The van der Waals surface area contributed by atoms with Gasteiger partial charge in [-0.15, -0.1) is 0 Å². The lowest BCUT2D eigenvalue weighted by Gasteiger charge is -2.38. The molecule has 2 fully saturated rings. The van der Waals surface area contributed by atoms with Crippen molar-refractivity contribution in [3.63, 3.8) is 0 Å². The summed E-state index contributed by atoms with van der Waals surface area (Å²) in [6.07, 6.45) is 9.42. The van der Waals surface area contributed by atoms with Gasteiger partial charge in [0, 0.05) is 13.7 Å². The van der Waals surface area contributed by atoms with Gasteiger partial charge >= 0.3 is 0 Å². The molecule has 0 atom stereocenters. The van der Waals surface area contributed by atoms with Crippen LogP contribution in [0.1, 0.15) is 62.8 Å². The van der Waals surface area contributed by atoms with Crippen molar-refractivity contribution in [2.75, 3.05) is 13.7 Å². The van der Waals surface area contributed by atoms with Crippen LogP contribution in [-0.2, 0) is 4.74 Å². The maximum absolute atomic E-state index is 13.6. The van der Waals surface area contributed by atoms with Gasteiger partial charge < -0.3 is 9.84 Å². The Morgan fingerprint density at radius 3 is 1.92 bits per heavy atom. The molecule has 24 heavy (non-hydrogen) atoms. The Morgan fingerprint density at radius 1 is 0.917 bits per heavy atom. The van der Waals surface area contributed by atoms with Crippen molar-refractivity contribution < 1.29 is 18.6 Å². The predicted octanol–water partition coefficient (Wildman–Crippen LogP) is 5.40. The summed E-state index contributed by atoms with van der Waals surface area (Å²) in [5.41, 5.74) is 0.699. The predicted molar refractivity (Wildman–Crippen MR) is 90.0 cm³/mol. The molecule has 0 saturated heterocycles. The minimum atomic E-state index is -0.861. The molecule has 2 saturated carbocycles. The average Bonchev–Trinajstić information content (AvgIpc) is 2.60. The zero-order valence-electron chi connectivity index (χ0n) is 14.4. The summed E-state index contributed by atoms with van der Waals surface area (Å²) in [7, 11) is 1.78. The first-order valence-corrected chi connectivity index (χ1v) is 9.25. The minimum Gasteiger partial charge on any atom is -0.503 e. The number of hydrogen-bond acceptors (Lipinski definition) is 2. The van der Waals surface area contributed by atoms with Crippen LogP contribution in [-0.4, -0.2) is 18.8 Å². The van der Waals surface area contributed by atoms with Gasteiger partial charge in [-0.1, -0.05) is 0 Å². The maximum Gasteiger partial charge on any atom is 0.187 e. The molecule has 0 unspecified atom stereocenters. The Balaban J connectivity index is 1.53. The van der Waals surface area contributed by atoms with Crippen LogP contribution in [0.3, 0.4) is 0 Å². The molecule has 0 spiro atoms. The normalized spacial score (nSPS) is 31.1. The molecule has 0 aromatic heterocycles. The first-order valence-electron chi connectivity index (χ1n) is 9.25. The second-order valence-corrected chi connectivity index (χ2v) is 7.68. The lowest BCUT2D eigenvalue weighted by Crippen LogP contribution is -2.26. The molecule has 1 aromatic rings. The Bertz CT molecular complexity index is 522. The van der Waals surface area contributed by atoms with Gasteiger partial charge in [-0.2, -0.15) is 0 Å². The number of benzene rings is 1. The number of aromatic hydroxyl groups is 1. The van der Waals surface area contributed by atoms with E-state index in [4.69, 9.17) is 4.74 Å². The molecule has 1 aromatic carbocycles. The molecule has 0 radical (unpaired) electrons. The van der Waals surface area contributed by atoms with E-state index in [-0.39, 0.29) is 5.92 Å². The molecule has 134 valence electrons. The fraction of sp³-hybridized carbons (Fsp3) is 0.700. The number of ether oxygens (including phenoxy) is 1. The summed E-state index contributed by atoms with van der Waals surface area (Å²) >= 11 is 0. The minimum absolute atomic E-state index is 0.218. The number of methoxy groups -OCH3 is 1. The van der Waals surface area contributed by atoms with E-state index in [1.807, 2.05) is 0 Å². The van der Waals surface area contributed by atoms with E-state index in [0.717, 1.165) is 50.0 Å². The van der Waals surface area contributed by atoms with E-state index in [0.29, 0.717) is 5.56 Å². The maximum atomic E-state index is 13.6. The highest BCUT2D eigenvalue weighted by Crippen LogP contribution is 2.44. The van der Waals surface area contributed by atoms with Crippen molar-refractivity contribution in [2.45, 2.75) is 57.3 Å². The fourth-order valence-corrected chi connectivity index (χ4v) is 4.81. The second-order valence-electron chi connectivity index (χ2n) is 7.68. The first-order chi connectivity index (χ1) is 11.6. The summed E-state index contributed by atoms with van der Waals surface area (Å²) < 4.78 is 32.4. The standard InChI is InChI=1S/C20H28F2O2/c1-24-12-13-2-4-14(5-3-13)15-6-8-16(9-7-15)17-10-18(21)20(23)19(22)11-17/h10-11,13-16,23H,2-9,12H2,1H3/t13-,14-,15?,16?. The van der Waals surface area contributed by atoms with Crippen LogP contribution in [0, 0.1) is 29.4 Å². The van der Waals surface area contributed by atoms with Crippen LogP contribution in [0.2, 0.25) is 0 Å². The smallest absolute Gasteiger partial charge is 0.187 e. The van der Waals surface area contributed by atoms with E-state index >= 15 is 0 Å². The van der Waals surface area contributed by atoms with Crippen LogP contribution >= 0.6 is 0 Å². The highest BCUT2D eigenvalue weighted by atomic mass is 19.1. The van der Waals surface area contributed by atoms with Crippen molar-refractivity contribution in [1.29, 1.82) is 0 Å². The molecule has 2 aliphatic carbocycles. The molecule has 0 amide bonds. The summed E-state index contributed by atoms with van der Waals surface area (Å²) in [6.45, 7) is 0.886. The summed E-state index contributed by atoms with van der Waals surface area (Å²) in [6, 6.07) is 2.61. The van der Waals surface area contributed by atoms with Crippen LogP contribution in [0.25, 0.3) is 0 Å². The number of hydrogen-bond donors (Lipinski definition) is 1. The lowest BCUT2D eigenvalue weighted by molar-refractivity contribution is 0.0968. The van der Waals surface area contributed by atoms with Crippen molar-refractivity contribution in [3.8, 4) is 5.75 Å². The van der Waals surface area contributed by atoms with E-state index in [2.05, 4.69) is 0 Å². The number of halogens is 2. The topological polar surface area (TPSA) is 29.5 Å². The van der Waals surface area contributed by atoms with Gasteiger partial charge in [0.25, 0.3) is 0 Å². The monoisotopic (exact) mass is 338 g/mol. The summed E-state index contributed by atoms with van der Waals surface area (Å²) in [4.78, 5) is 0. The summed E-state index contributed by atoms with van der Waals surface area (Å²) in [5, 5.41) is 9.24. The first kappa shape index (κ1) is 17.7. The van der Waals surface area contributed by atoms with E-state index in [9.17, 15) is 13.9 Å². The molecule has 1 N–H and O–H groups in total. The molecular formula is C20H28F2O2. The van der Waals surface area contributed by atoms with Crippen molar-refractivity contribution in [1.82, 2.24) is 0 Å². The number of phenolic OH excluding ortho intramolecular Hbond substituents is 1. The zero-order valence-corrected chi connectivity index (χ0v) is 14.4. The highest BCUT2D eigenvalue weighted by Gasteiger charge is 2.31. The summed E-state index contributed by atoms with van der Waals surface area (Å²) in [5.74, 6) is -0.0300. The molecule has 0 bridgehead atoms. The van der Waals surface area contributed by atoms with Crippen molar-refractivity contribution in [3.05, 3.63) is 29.3 Å². The number of rotatable bonds is 4. The highest BCUT2D eigenvalue weighted by molar-refractivity contribution is 5.32. The SMILES string of the molecule is COC[C@H]1CC[C@H](C2CCC(c3cc(F)c(O)c(F)c3)CC2)CC1. The van der Waals surface area contributed by atoms with Crippen LogP contribution in [0.4, 0.5) is 8.78 Å². The third kappa shape index (κ3) is 3.90. The van der Waals surface area contributed by atoms with Gasteiger partial charge in [-0.25, -0.2) is 8.78 Å². The Kier molecular flexibility index (Phi) is 5.75. The largest absolute Gasteiger partial charge is 0.503 e. The van der Waals surface area contributed by atoms with Gasteiger partial charge in [-0.3, -0.25) is 0 Å². The van der Waals surface area contributed by atoms with Gasteiger partial charge in [0.15, 0.2) is 17.4 Å². The van der Waals surface area contributed by atoms with Crippen molar-refractivity contribution >= 4 is 0 Å². The molecule has 0 heterocycles. The van der Waals surface area contributed by atoms with Gasteiger partial charge in [-0.05, 0) is 92.7 Å². The zero-order chi connectivity index (χ0) is 17.1. The third-order valence-corrected chi connectivity index (χ3v) is 6.24. The Morgan fingerprint density at radius 2 is 1.42 bits per heavy atom. The molecule has 0 aliphatic heterocycles.